The number of hydrogen-bond donors (Lipinski definition) is 0. The monoisotopic (exact) mass is 698 g/mol. The summed E-state index contributed by atoms with van der Waals surface area (Å²) in [6, 6.07) is 74.7. The summed E-state index contributed by atoms with van der Waals surface area (Å²) in [4.78, 5) is 0. The summed E-state index contributed by atoms with van der Waals surface area (Å²) in [5.41, 5.74) is 14.0. The molecular weight excluding hydrogens is 665 g/mol. The van der Waals surface area contributed by atoms with E-state index in [1.807, 2.05) is 12.1 Å². The Kier molecular flexibility index (Phi) is 7.25. The highest BCUT2D eigenvalue weighted by Gasteiger charge is 2.20. The van der Waals surface area contributed by atoms with Crippen LogP contribution in [0.4, 0.5) is 0 Å². The smallest absolute Gasteiger partial charge is 0.136 e. The van der Waals surface area contributed by atoms with Crippen molar-refractivity contribution in [3.05, 3.63) is 206 Å². The van der Waals surface area contributed by atoms with Crippen LogP contribution in [-0.2, 0) is 0 Å². The third-order valence-electron chi connectivity index (χ3n) is 11.3. The first-order valence-corrected chi connectivity index (χ1v) is 18.9. The second-order valence-corrected chi connectivity index (χ2v) is 14.3. The summed E-state index contributed by atoms with van der Waals surface area (Å²) in [5.74, 6) is 0. The molecule has 55 heavy (non-hydrogen) atoms. The van der Waals surface area contributed by atoms with Crippen molar-refractivity contribution < 1.29 is 4.42 Å². The summed E-state index contributed by atoms with van der Waals surface area (Å²) in [6.07, 6.45) is 0. The van der Waals surface area contributed by atoms with Gasteiger partial charge in [-0.25, -0.2) is 0 Å². The van der Waals surface area contributed by atoms with Crippen LogP contribution in [0.1, 0.15) is 0 Å². The standard InChI is InChI=1S/C54H34O/c1-2-15-35(16-3-1)39-33-34-48(42-20-7-6-18-40(39)42)53-46-23-10-8-21-44(46)52(45-22-9-11-24-47(45)53)37-31-29-36(30-32-37)38-17-4-5-19-41(38)43-26-14-28-51-54(43)49-25-12-13-27-50(49)55-51/h1-34H. The lowest BCUT2D eigenvalue weighted by molar-refractivity contribution is 0.669. The minimum Gasteiger partial charge on any atom is -0.456 e. The van der Waals surface area contributed by atoms with Gasteiger partial charge in [-0.05, 0) is 100 Å². The highest BCUT2D eigenvalue weighted by atomic mass is 16.3. The fourth-order valence-electron chi connectivity index (χ4n) is 8.90. The van der Waals surface area contributed by atoms with Crippen molar-refractivity contribution in [3.63, 3.8) is 0 Å². The minimum atomic E-state index is 0.909. The molecule has 0 amide bonds. The normalized spacial score (nSPS) is 11.6. The average Bonchev–Trinajstić information content (AvgIpc) is 3.65. The number of para-hydroxylation sites is 1. The molecule has 1 heterocycles. The molecule has 0 atom stereocenters. The molecule has 0 saturated heterocycles. The van der Waals surface area contributed by atoms with Gasteiger partial charge in [-0.2, -0.15) is 0 Å². The lowest BCUT2D eigenvalue weighted by Gasteiger charge is -2.20. The second-order valence-electron chi connectivity index (χ2n) is 14.3. The first-order chi connectivity index (χ1) is 27.3. The minimum absolute atomic E-state index is 0.909. The SMILES string of the molecule is c1ccc(-c2ccc(-c3c4ccccc4c(-c4ccc(-c5ccccc5-c5cccc6oc7ccccc7c56)cc4)c4ccccc34)c3ccccc23)cc1. The van der Waals surface area contributed by atoms with Crippen molar-refractivity contribution >= 4 is 54.3 Å². The Balaban J connectivity index is 1.08. The summed E-state index contributed by atoms with van der Waals surface area (Å²) in [6.45, 7) is 0. The maximum absolute atomic E-state index is 6.28. The zero-order valence-electron chi connectivity index (χ0n) is 30.0. The fraction of sp³-hybridized carbons (Fsp3) is 0. The maximum atomic E-state index is 6.28. The Morgan fingerprint density at radius 2 is 0.673 bits per heavy atom. The van der Waals surface area contributed by atoms with Crippen molar-refractivity contribution in [3.8, 4) is 55.6 Å². The number of furan rings is 1. The molecule has 0 radical (unpaired) electrons. The van der Waals surface area contributed by atoms with Crippen molar-refractivity contribution in [2.75, 3.05) is 0 Å². The molecule has 0 bridgehead atoms. The quantitative estimate of drug-likeness (QED) is 0.163. The van der Waals surface area contributed by atoms with Gasteiger partial charge in [-0.1, -0.05) is 194 Å². The van der Waals surface area contributed by atoms with Crippen LogP contribution in [0.25, 0.3) is 110 Å². The van der Waals surface area contributed by atoms with Gasteiger partial charge < -0.3 is 4.42 Å². The molecule has 256 valence electrons. The largest absolute Gasteiger partial charge is 0.456 e. The number of fused-ring (bicyclic) bond motifs is 6. The van der Waals surface area contributed by atoms with E-state index in [1.165, 1.54) is 88.0 Å². The van der Waals surface area contributed by atoms with Crippen LogP contribution in [0.15, 0.2) is 211 Å². The van der Waals surface area contributed by atoms with Crippen LogP contribution in [0, 0.1) is 0 Å². The van der Waals surface area contributed by atoms with E-state index in [4.69, 9.17) is 4.42 Å². The van der Waals surface area contributed by atoms with E-state index in [0.717, 1.165) is 21.9 Å². The fourth-order valence-corrected chi connectivity index (χ4v) is 8.90. The molecule has 0 saturated carbocycles. The molecule has 0 fully saturated rings. The van der Waals surface area contributed by atoms with E-state index >= 15 is 0 Å². The summed E-state index contributed by atoms with van der Waals surface area (Å²) < 4.78 is 6.28. The second kappa shape index (κ2) is 12.7. The lowest BCUT2D eigenvalue weighted by Crippen LogP contribution is -1.92. The van der Waals surface area contributed by atoms with E-state index < -0.39 is 0 Å². The summed E-state index contributed by atoms with van der Waals surface area (Å²) in [5, 5.41) is 9.82. The van der Waals surface area contributed by atoms with Crippen LogP contribution in [0.5, 0.6) is 0 Å². The van der Waals surface area contributed by atoms with Gasteiger partial charge >= 0.3 is 0 Å². The van der Waals surface area contributed by atoms with Gasteiger partial charge in [0.2, 0.25) is 0 Å². The molecule has 1 heteroatoms. The van der Waals surface area contributed by atoms with Gasteiger partial charge in [-0.15, -0.1) is 0 Å². The maximum Gasteiger partial charge on any atom is 0.136 e. The number of hydrogen-bond acceptors (Lipinski definition) is 1. The van der Waals surface area contributed by atoms with Gasteiger partial charge in [0.05, 0.1) is 0 Å². The Hall–Kier alpha value is -7.22. The molecule has 0 spiro atoms. The molecule has 0 unspecified atom stereocenters. The zero-order chi connectivity index (χ0) is 36.3. The summed E-state index contributed by atoms with van der Waals surface area (Å²) in [7, 11) is 0. The predicted molar refractivity (Wildman–Crippen MR) is 233 cm³/mol. The van der Waals surface area contributed by atoms with Crippen molar-refractivity contribution in [2.24, 2.45) is 0 Å². The van der Waals surface area contributed by atoms with Crippen LogP contribution >= 0.6 is 0 Å². The summed E-state index contributed by atoms with van der Waals surface area (Å²) >= 11 is 0. The van der Waals surface area contributed by atoms with Gasteiger partial charge in [0.1, 0.15) is 11.2 Å². The third kappa shape index (κ3) is 5.01. The Morgan fingerprint density at radius 3 is 1.36 bits per heavy atom. The Morgan fingerprint density at radius 1 is 0.218 bits per heavy atom. The highest BCUT2D eigenvalue weighted by molar-refractivity contribution is 6.24. The van der Waals surface area contributed by atoms with Gasteiger partial charge in [0.25, 0.3) is 0 Å². The number of benzene rings is 10. The van der Waals surface area contributed by atoms with Crippen LogP contribution in [0.3, 0.4) is 0 Å². The zero-order valence-corrected chi connectivity index (χ0v) is 30.0. The molecule has 11 rings (SSSR count). The molecule has 10 aromatic carbocycles. The van der Waals surface area contributed by atoms with E-state index in [2.05, 4.69) is 194 Å². The van der Waals surface area contributed by atoms with Crippen molar-refractivity contribution in [2.45, 2.75) is 0 Å². The van der Waals surface area contributed by atoms with E-state index in [1.54, 1.807) is 0 Å². The van der Waals surface area contributed by atoms with Gasteiger partial charge in [0.15, 0.2) is 0 Å². The predicted octanol–water partition coefficient (Wildman–Crippen LogP) is 15.4. The molecule has 0 aliphatic carbocycles. The van der Waals surface area contributed by atoms with Crippen LogP contribution in [-0.4, -0.2) is 0 Å². The van der Waals surface area contributed by atoms with Crippen LogP contribution < -0.4 is 0 Å². The van der Waals surface area contributed by atoms with E-state index in [0.29, 0.717) is 0 Å². The van der Waals surface area contributed by atoms with Gasteiger partial charge in [0, 0.05) is 10.8 Å². The lowest BCUT2D eigenvalue weighted by atomic mass is 9.83. The van der Waals surface area contributed by atoms with Crippen molar-refractivity contribution in [1.82, 2.24) is 0 Å². The first-order valence-electron chi connectivity index (χ1n) is 18.9. The number of rotatable bonds is 5. The van der Waals surface area contributed by atoms with Gasteiger partial charge in [-0.3, -0.25) is 0 Å². The first kappa shape index (κ1) is 31.3. The van der Waals surface area contributed by atoms with Crippen molar-refractivity contribution in [1.29, 1.82) is 0 Å². The molecule has 11 aromatic rings. The Labute approximate surface area is 319 Å². The highest BCUT2D eigenvalue weighted by Crippen LogP contribution is 2.47. The van der Waals surface area contributed by atoms with E-state index in [9.17, 15) is 0 Å². The topological polar surface area (TPSA) is 13.1 Å². The average molecular weight is 699 g/mol. The molecule has 0 aliphatic heterocycles. The molecular formula is C54H34O. The molecule has 0 N–H and O–H groups in total. The molecule has 1 nitrogen and oxygen atoms in total. The molecule has 1 aromatic heterocycles. The molecule has 0 aliphatic rings. The third-order valence-corrected chi connectivity index (χ3v) is 11.3. The van der Waals surface area contributed by atoms with Crippen LogP contribution in [0.2, 0.25) is 0 Å². The Bertz CT molecular complexity index is 3180. The van der Waals surface area contributed by atoms with E-state index in [-0.39, 0.29) is 0 Å².